The second kappa shape index (κ2) is 5.94. The molecule has 118 valence electrons. The van der Waals surface area contributed by atoms with Gasteiger partial charge in [-0.2, -0.15) is 0 Å². The molecule has 0 saturated carbocycles. The van der Waals surface area contributed by atoms with Crippen molar-refractivity contribution in [2.24, 2.45) is 0 Å². The van der Waals surface area contributed by atoms with Gasteiger partial charge in [-0.3, -0.25) is 9.69 Å². The van der Waals surface area contributed by atoms with E-state index in [4.69, 9.17) is 16.0 Å². The molecule has 1 aromatic heterocycles. The van der Waals surface area contributed by atoms with Gasteiger partial charge in [0, 0.05) is 48.2 Å². The third-order valence-electron chi connectivity index (χ3n) is 4.42. The van der Waals surface area contributed by atoms with Crippen LogP contribution >= 0.6 is 11.6 Å². The van der Waals surface area contributed by atoms with Crippen LogP contribution in [0.2, 0.25) is 5.02 Å². The Morgan fingerprint density at radius 1 is 1.23 bits per heavy atom. The van der Waals surface area contributed by atoms with Crippen molar-refractivity contribution in [1.82, 2.24) is 9.80 Å². The predicted molar refractivity (Wildman–Crippen MR) is 88.6 cm³/mol. The van der Waals surface area contributed by atoms with E-state index in [0.717, 1.165) is 37.1 Å². The molecule has 5 heteroatoms. The van der Waals surface area contributed by atoms with Gasteiger partial charge in [0.1, 0.15) is 5.58 Å². The standard InChI is InChI=1S/C17H21ClN2O2/c1-11(2)19-6-8-20(9-7-19)17(21)16-12(3)14-10-13(18)4-5-15(14)22-16/h4-5,10-11H,6-9H2,1-3H3. The van der Waals surface area contributed by atoms with Crippen LogP contribution in [0.1, 0.15) is 30.0 Å². The highest BCUT2D eigenvalue weighted by Gasteiger charge is 2.27. The van der Waals surface area contributed by atoms with E-state index in [2.05, 4.69) is 18.7 Å². The van der Waals surface area contributed by atoms with Gasteiger partial charge in [-0.05, 0) is 39.0 Å². The highest BCUT2D eigenvalue weighted by atomic mass is 35.5. The third-order valence-corrected chi connectivity index (χ3v) is 4.66. The maximum absolute atomic E-state index is 12.7. The van der Waals surface area contributed by atoms with E-state index in [1.54, 1.807) is 6.07 Å². The lowest BCUT2D eigenvalue weighted by molar-refractivity contribution is 0.0567. The minimum absolute atomic E-state index is 0.0202. The minimum atomic E-state index is -0.0202. The van der Waals surface area contributed by atoms with Crippen LogP contribution in [-0.4, -0.2) is 47.9 Å². The van der Waals surface area contributed by atoms with E-state index in [0.29, 0.717) is 22.4 Å². The molecule has 1 aliphatic rings. The summed E-state index contributed by atoms with van der Waals surface area (Å²) in [6.45, 7) is 9.60. The number of hydrogen-bond acceptors (Lipinski definition) is 3. The lowest BCUT2D eigenvalue weighted by Crippen LogP contribution is -2.50. The largest absolute Gasteiger partial charge is 0.451 e. The fourth-order valence-corrected chi connectivity index (χ4v) is 3.15. The van der Waals surface area contributed by atoms with Gasteiger partial charge in [-0.1, -0.05) is 11.6 Å². The first-order valence-electron chi connectivity index (χ1n) is 7.69. The van der Waals surface area contributed by atoms with E-state index in [1.165, 1.54) is 0 Å². The molecule has 1 aliphatic heterocycles. The van der Waals surface area contributed by atoms with E-state index in [1.807, 2.05) is 24.0 Å². The van der Waals surface area contributed by atoms with Crippen LogP contribution < -0.4 is 0 Å². The Hall–Kier alpha value is -1.52. The van der Waals surface area contributed by atoms with Gasteiger partial charge in [0.2, 0.25) is 0 Å². The fraction of sp³-hybridized carbons (Fsp3) is 0.471. The molecule has 3 rings (SSSR count). The summed E-state index contributed by atoms with van der Waals surface area (Å²) in [4.78, 5) is 17.0. The molecule has 1 amide bonds. The molecule has 22 heavy (non-hydrogen) atoms. The molecule has 2 heterocycles. The van der Waals surface area contributed by atoms with Crippen molar-refractivity contribution >= 4 is 28.5 Å². The van der Waals surface area contributed by atoms with Gasteiger partial charge in [-0.25, -0.2) is 0 Å². The summed E-state index contributed by atoms with van der Waals surface area (Å²) in [6.07, 6.45) is 0. The van der Waals surface area contributed by atoms with Crippen LogP contribution in [0.25, 0.3) is 11.0 Å². The minimum Gasteiger partial charge on any atom is -0.451 e. The molecule has 1 saturated heterocycles. The SMILES string of the molecule is Cc1c(C(=O)N2CCN(C(C)C)CC2)oc2ccc(Cl)cc12. The Kier molecular flexibility index (Phi) is 4.15. The molecular weight excluding hydrogens is 300 g/mol. The topological polar surface area (TPSA) is 36.7 Å². The zero-order valence-corrected chi connectivity index (χ0v) is 14.0. The van der Waals surface area contributed by atoms with Gasteiger partial charge < -0.3 is 9.32 Å². The average molecular weight is 321 g/mol. The summed E-state index contributed by atoms with van der Waals surface area (Å²) in [5.41, 5.74) is 1.58. The summed E-state index contributed by atoms with van der Waals surface area (Å²) in [5.74, 6) is 0.420. The van der Waals surface area contributed by atoms with Crippen LogP contribution in [0.3, 0.4) is 0 Å². The van der Waals surface area contributed by atoms with E-state index in [9.17, 15) is 4.79 Å². The molecule has 0 aliphatic carbocycles. The second-order valence-corrected chi connectivity index (χ2v) is 6.56. The Bertz CT molecular complexity index is 700. The summed E-state index contributed by atoms with van der Waals surface area (Å²) in [5, 5.41) is 1.57. The molecule has 0 spiro atoms. The van der Waals surface area contributed by atoms with Crippen LogP contribution in [0, 0.1) is 6.92 Å². The van der Waals surface area contributed by atoms with Crippen molar-refractivity contribution in [2.75, 3.05) is 26.2 Å². The predicted octanol–water partition coefficient (Wildman–Crippen LogP) is 3.56. The number of piperazine rings is 1. The Morgan fingerprint density at radius 2 is 1.91 bits per heavy atom. The number of carbonyl (C=O) groups excluding carboxylic acids is 1. The summed E-state index contributed by atoms with van der Waals surface area (Å²) in [6, 6.07) is 5.97. The van der Waals surface area contributed by atoms with Crippen molar-refractivity contribution < 1.29 is 9.21 Å². The van der Waals surface area contributed by atoms with Gasteiger partial charge in [-0.15, -0.1) is 0 Å². The maximum atomic E-state index is 12.7. The summed E-state index contributed by atoms with van der Waals surface area (Å²) in [7, 11) is 0. The van der Waals surface area contributed by atoms with Crippen LogP contribution in [0.4, 0.5) is 0 Å². The normalized spacial score (nSPS) is 16.7. The molecule has 0 unspecified atom stereocenters. The van der Waals surface area contributed by atoms with Crippen LogP contribution in [0.5, 0.6) is 0 Å². The quantitative estimate of drug-likeness (QED) is 0.849. The van der Waals surface area contributed by atoms with Gasteiger partial charge in [0.15, 0.2) is 5.76 Å². The number of hydrogen-bond donors (Lipinski definition) is 0. The number of rotatable bonds is 2. The van der Waals surface area contributed by atoms with Crippen molar-refractivity contribution in [3.05, 3.63) is 34.5 Å². The Morgan fingerprint density at radius 3 is 2.55 bits per heavy atom. The molecule has 1 aromatic carbocycles. The third kappa shape index (κ3) is 2.73. The zero-order valence-electron chi connectivity index (χ0n) is 13.2. The molecule has 2 aromatic rings. The van der Waals surface area contributed by atoms with E-state index < -0.39 is 0 Å². The van der Waals surface area contributed by atoms with Gasteiger partial charge in [0.25, 0.3) is 5.91 Å². The lowest BCUT2D eigenvalue weighted by Gasteiger charge is -2.36. The number of fused-ring (bicyclic) bond motifs is 1. The molecule has 0 bridgehead atoms. The first-order chi connectivity index (χ1) is 10.5. The van der Waals surface area contributed by atoms with Crippen LogP contribution in [-0.2, 0) is 0 Å². The van der Waals surface area contributed by atoms with Crippen molar-refractivity contribution in [2.45, 2.75) is 26.8 Å². The second-order valence-electron chi connectivity index (χ2n) is 6.12. The maximum Gasteiger partial charge on any atom is 0.289 e. The smallest absolute Gasteiger partial charge is 0.289 e. The molecule has 0 radical (unpaired) electrons. The van der Waals surface area contributed by atoms with E-state index in [-0.39, 0.29) is 5.91 Å². The molecule has 4 nitrogen and oxygen atoms in total. The molecular formula is C17H21ClN2O2. The monoisotopic (exact) mass is 320 g/mol. The summed E-state index contributed by atoms with van der Waals surface area (Å²) < 4.78 is 5.78. The Balaban J connectivity index is 1.83. The number of halogens is 1. The first kappa shape index (κ1) is 15.4. The number of furan rings is 1. The summed E-state index contributed by atoms with van der Waals surface area (Å²) >= 11 is 6.03. The van der Waals surface area contributed by atoms with Crippen LogP contribution in [0.15, 0.2) is 22.6 Å². The number of amides is 1. The van der Waals surface area contributed by atoms with Crippen molar-refractivity contribution in [3.63, 3.8) is 0 Å². The number of benzene rings is 1. The zero-order chi connectivity index (χ0) is 15.9. The van der Waals surface area contributed by atoms with E-state index >= 15 is 0 Å². The number of carbonyl (C=O) groups is 1. The Labute approximate surface area is 135 Å². The molecule has 0 N–H and O–H groups in total. The number of aryl methyl sites for hydroxylation is 1. The highest BCUT2D eigenvalue weighted by Crippen LogP contribution is 2.28. The fourth-order valence-electron chi connectivity index (χ4n) is 2.98. The lowest BCUT2D eigenvalue weighted by atomic mass is 10.1. The molecule has 1 fully saturated rings. The van der Waals surface area contributed by atoms with Crippen molar-refractivity contribution in [1.29, 1.82) is 0 Å². The van der Waals surface area contributed by atoms with Crippen molar-refractivity contribution in [3.8, 4) is 0 Å². The number of nitrogens with zero attached hydrogens (tertiary/aromatic N) is 2. The first-order valence-corrected chi connectivity index (χ1v) is 8.07. The van der Waals surface area contributed by atoms with Gasteiger partial charge >= 0.3 is 0 Å². The van der Waals surface area contributed by atoms with Gasteiger partial charge in [0.05, 0.1) is 0 Å². The average Bonchev–Trinajstić information content (AvgIpc) is 2.83. The molecule has 0 atom stereocenters. The highest BCUT2D eigenvalue weighted by molar-refractivity contribution is 6.31.